The van der Waals surface area contributed by atoms with E-state index >= 15 is 0 Å². The Bertz CT molecular complexity index is 174. The van der Waals surface area contributed by atoms with Crippen molar-refractivity contribution in [3.8, 4) is 0 Å². The molecule has 0 aromatic heterocycles. The van der Waals surface area contributed by atoms with E-state index in [9.17, 15) is 8.78 Å². The van der Waals surface area contributed by atoms with Crippen molar-refractivity contribution in [2.24, 2.45) is 0 Å². The monoisotopic (exact) mass is 250 g/mol. The van der Waals surface area contributed by atoms with E-state index in [0.717, 1.165) is 12.8 Å². The second kappa shape index (κ2) is 9.81. The number of quaternary nitrogens is 1. The van der Waals surface area contributed by atoms with Gasteiger partial charge in [0.05, 0.1) is 20.1 Å². The summed E-state index contributed by atoms with van der Waals surface area (Å²) in [6, 6.07) is 0. The molecule has 0 radical (unpaired) electrons. The molecule has 1 unspecified atom stereocenters. The van der Waals surface area contributed by atoms with Crippen molar-refractivity contribution in [3.63, 3.8) is 0 Å². The van der Waals surface area contributed by atoms with Gasteiger partial charge in [0.15, 0.2) is 0 Å². The average Bonchev–Trinajstić information content (AvgIpc) is 2.32. The third-order valence-electron chi connectivity index (χ3n) is 3.72. The summed E-state index contributed by atoms with van der Waals surface area (Å²) in [7, 11) is 1.66. The third kappa shape index (κ3) is 7.69. The molecule has 0 amide bonds. The van der Waals surface area contributed by atoms with E-state index in [2.05, 4.69) is 6.92 Å². The molecule has 0 saturated heterocycles. The van der Waals surface area contributed by atoms with E-state index in [-0.39, 0.29) is 4.48 Å². The van der Waals surface area contributed by atoms with Crippen molar-refractivity contribution in [3.05, 3.63) is 0 Å². The highest BCUT2D eigenvalue weighted by Crippen LogP contribution is 2.16. The molecule has 0 aliphatic rings. The van der Waals surface area contributed by atoms with Gasteiger partial charge in [-0.05, 0) is 19.8 Å². The van der Waals surface area contributed by atoms with Gasteiger partial charge >= 0.3 is 6.55 Å². The first-order valence-corrected chi connectivity index (χ1v) is 7.19. The molecular weight excluding hydrogens is 220 g/mol. The minimum absolute atomic E-state index is 0.0875. The summed E-state index contributed by atoms with van der Waals surface area (Å²) in [4.78, 5) is 0. The molecule has 0 heterocycles. The van der Waals surface area contributed by atoms with Crippen LogP contribution in [0, 0.1) is 0 Å². The van der Waals surface area contributed by atoms with Crippen LogP contribution in [0.1, 0.15) is 65.2 Å². The number of nitrogens with zero attached hydrogens (tertiary/aromatic N) is 1. The van der Waals surface area contributed by atoms with Crippen molar-refractivity contribution in [1.29, 1.82) is 0 Å². The lowest BCUT2D eigenvalue weighted by Crippen LogP contribution is -2.48. The van der Waals surface area contributed by atoms with E-state index in [4.69, 9.17) is 0 Å². The predicted molar refractivity (Wildman–Crippen MR) is 70.2 cm³/mol. The molecule has 0 rings (SSSR count). The lowest BCUT2D eigenvalue weighted by Gasteiger charge is -2.31. The van der Waals surface area contributed by atoms with E-state index in [0.29, 0.717) is 13.1 Å². The molecule has 0 saturated carbocycles. The van der Waals surface area contributed by atoms with Crippen molar-refractivity contribution < 1.29 is 13.3 Å². The lowest BCUT2D eigenvalue weighted by atomic mass is 10.1. The Morgan fingerprint density at radius 3 is 1.71 bits per heavy atom. The number of rotatable bonds is 11. The van der Waals surface area contributed by atoms with Gasteiger partial charge in [-0.25, -0.2) is 0 Å². The fourth-order valence-corrected chi connectivity index (χ4v) is 2.00. The van der Waals surface area contributed by atoms with Crippen molar-refractivity contribution >= 4 is 0 Å². The Balaban J connectivity index is 3.44. The summed E-state index contributed by atoms with van der Waals surface area (Å²) < 4.78 is 25.5. The second-order valence-corrected chi connectivity index (χ2v) is 5.27. The van der Waals surface area contributed by atoms with E-state index in [1.807, 2.05) is 6.92 Å². The zero-order chi connectivity index (χ0) is 13.1. The standard InChI is InChI=1S/C14H30F2N/c1-4-6-7-8-9-10-11-12-13-17(3,5-2)14(15)16/h14H,4-13H2,1-3H3/q+1. The van der Waals surface area contributed by atoms with Gasteiger partial charge in [0.1, 0.15) is 0 Å². The maximum atomic E-state index is 12.8. The van der Waals surface area contributed by atoms with Gasteiger partial charge < -0.3 is 0 Å². The smallest absolute Gasteiger partial charge is 0.268 e. The van der Waals surface area contributed by atoms with Crippen LogP contribution < -0.4 is 0 Å². The van der Waals surface area contributed by atoms with Crippen LogP contribution in [0.4, 0.5) is 8.78 Å². The summed E-state index contributed by atoms with van der Waals surface area (Å²) >= 11 is 0. The topological polar surface area (TPSA) is 0 Å². The summed E-state index contributed by atoms with van der Waals surface area (Å²) in [6.45, 7) is 2.96. The average molecular weight is 250 g/mol. The number of alkyl halides is 2. The van der Waals surface area contributed by atoms with Crippen LogP contribution in [0.15, 0.2) is 0 Å². The second-order valence-electron chi connectivity index (χ2n) is 5.27. The molecule has 0 fully saturated rings. The van der Waals surface area contributed by atoms with Crippen molar-refractivity contribution in [2.45, 2.75) is 71.8 Å². The Labute approximate surface area is 106 Å². The minimum Gasteiger partial charge on any atom is -0.268 e. The summed E-state index contributed by atoms with van der Waals surface area (Å²) in [5.74, 6) is 0. The van der Waals surface area contributed by atoms with Crippen LogP contribution in [-0.4, -0.2) is 31.2 Å². The quantitative estimate of drug-likeness (QED) is 0.280. The SMILES string of the molecule is CCCCCCCCCC[N+](C)(CC)C(F)F. The van der Waals surface area contributed by atoms with E-state index < -0.39 is 6.55 Å². The minimum atomic E-state index is -2.23. The van der Waals surface area contributed by atoms with Gasteiger partial charge in [-0.1, -0.05) is 45.4 Å². The van der Waals surface area contributed by atoms with Gasteiger partial charge in [0.25, 0.3) is 0 Å². The maximum Gasteiger partial charge on any atom is 0.380 e. The summed E-state index contributed by atoms with van der Waals surface area (Å²) in [6.07, 6.45) is 9.76. The Hall–Kier alpha value is -0.180. The predicted octanol–water partition coefficient (Wildman–Crippen LogP) is 4.82. The van der Waals surface area contributed by atoms with Crippen LogP contribution in [0.2, 0.25) is 0 Å². The molecule has 0 bridgehead atoms. The maximum absolute atomic E-state index is 12.8. The molecule has 1 atom stereocenters. The largest absolute Gasteiger partial charge is 0.380 e. The van der Waals surface area contributed by atoms with Crippen molar-refractivity contribution in [1.82, 2.24) is 0 Å². The number of unbranched alkanes of at least 4 members (excludes halogenated alkanes) is 7. The Morgan fingerprint density at radius 2 is 1.29 bits per heavy atom. The first kappa shape index (κ1) is 16.8. The number of hydrogen-bond donors (Lipinski definition) is 0. The van der Waals surface area contributed by atoms with Crippen LogP contribution >= 0.6 is 0 Å². The first-order chi connectivity index (χ1) is 8.06. The molecule has 0 aliphatic heterocycles. The van der Waals surface area contributed by atoms with Gasteiger partial charge in [-0.3, -0.25) is 4.48 Å². The normalized spacial score (nSPS) is 15.2. The fraction of sp³-hybridized carbons (Fsp3) is 1.00. The molecule has 104 valence electrons. The van der Waals surface area contributed by atoms with Crippen molar-refractivity contribution in [2.75, 3.05) is 20.1 Å². The van der Waals surface area contributed by atoms with Crippen LogP contribution in [-0.2, 0) is 0 Å². The van der Waals surface area contributed by atoms with E-state index in [1.54, 1.807) is 7.05 Å². The third-order valence-corrected chi connectivity index (χ3v) is 3.72. The molecule has 0 aromatic rings. The number of halogens is 2. The highest BCUT2D eigenvalue weighted by atomic mass is 19.3. The first-order valence-electron chi connectivity index (χ1n) is 7.19. The number of hydrogen-bond acceptors (Lipinski definition) is 0. The Kier molecular flexibility index (Phi) is 9.71. The molecule has 1 nitrogen and oxygen atoms in total. The van der Waals surface area contributed by atoms with Gasteiger partial charge in [0, 0.05) is 0 Å². The van der Waals surface area contributed by atoms with E-state index in [1.165, 1.54) is 38.5 Å². The Morgan fingerprint density at radius 1 is 0.824 bits per heavy atom. The van der Waals surface area contributed by atoms with Gasteiger partial charge in [-0.2, -0.15) is 8.78 Å². The lowest BCUT2D eigenvalue weighted by molar-refractivity contribution is -0.961. The van der Waals surface area contributed by atoms with Crippen LogP contribution in [0.5, 0.6) is 0 Å². The van der Waals surface area contributed by atoms with Gasteiger partial charge in [-0.15, -0.1) is 0 Å². The molecule has 3 heteroatoms. The zero-order valence-electron chi connectivity index (χ0n) is 11.9. The zero-order valence-corrected chi connectivity index (χ0v) is 11.9. The molecule has 0 spiro atoms. The van der Waals surface area contributed by atoms with Crippen LogP contribution in [0.25, 0.3) is 0 Å². The highest BCUT2D eigenvalue weighted by Gasteiger charge is 2.29. The molecule has 0 aromatic carbocycles. The molecule has 17 heavy (non-hydrogen) atoms. The molecule has 0 aliphatic carbocycles. The molecule has 0 N–H and O–H groups in total. The highest BCUT2D eigenvalue weighted by molar-refractivity contribution is 4.46. The van der Waals surface area contributed by atoms with Gasteiger partial charge in [0.2, 0.25) is 0 Å². The summed E-state index contributed by atoms with van der Waals surface area (Å²) in [5, 5.41) is 0. The van der Waals surface area contributed by atoms with Crippen LogP contribution in [0.3, 0.4) is 0 Å². The summed E-state index contributed by atoms with van der Waals surface area (Å²) in [5.41, 5.74) is 0. The molecular formula is C14H30F2N+. The fourth-order valence-electron chi connectivity index (χ4n) is 2.00.